The van der Waals surface area contributed by atoms with Crippen LogP contribution in [-0.2, 0) is 39.5 Å². The lowest BCUT2D eigenvalue weighted by Crippen LogP contribution is -2.58. The van der Waals surface area contributed by atoms with E-state index in [-0.39, 0.29) is 64.8 Å². The molecule has 6 atom stereocenters. The van der Waals surface area contributed by atoms with E-state index < -0.39 is 34.3 Å². The molecule has 0 saturated carbocycles. The molecule has 0 fully saturated rings. The third-order valence-electron chi connectivity index (χ3n) is 13.9. The molecule has 402 valence electrons. The Morgan fingerprint density at radius 3 is 1.24 bits per heavy atom. The van der Waals surface area contributed by atoms with E-state index in [1.807, 2.05) is 158 Å². The number of allylic oxidation sites excluding steroid dienone is 3. The minimum atomic E-state index is -0.703. The van der Waals surface area contributed by atoms with Gasteiger partial charge in [0, 0.05) is 42.8 Å². The van der Waals surface area contributed by atoms with E-state index in [2.05, 4.69) is 55.6 Å². The number of esters is 1. The molecule has 0 aromatic heterocycles. The smallest absolute Gasteiger partial charge is 0.330 e. The van der Waals surface area contributed by atoms with Gasteiger partial charge in [-0.3, -0.25) is 19.2 Å². The van der Waals surface area contributed by atoms with Crippen LogP contribution < -0.4 is 10.6 Å². The molecule has 0 aliphatic heterocycles. The molecule has 0 aliphatic rings. The highest BCUT2D eigenvalue weighted by atomic mass is 16.5. The first kappa shape index (κ1) is 64.5. The number of nitrogens with one attached hydrogen (secondary N) is 2. The largest absolute Gasteiger partial charge is 0.463 e. The van der Waals surface area contributed by atoms with Crippen LogP contribution in [0.15, 0.2) is 101 Å². The number of carbonyl (C=O) groups excluding carboxylic acids is 5. The topological polar surface area (TPSA) is 158 Å². The fraction of sp³-hybridized carbons (Fsp3) is 0.600. The maximum atomic E-state index is 13.9. The summed E-state index contributed by atoms with van der Waals surface area (Å²) in [6.07, 6.45) is 9.65. The lowest BCUT2D eigenvalue weighted by molar-refractivity contribution is -0.141. The summed E-state index contributed by atoms with van der Waals surface area (Å²) in [5.41, 5.74) is 2.03. The zero-order valence-corrected chi connectivity index (χ0v) is 48.1. The van der Waals surface area contributed by atoms with Crippen LogP contribution in [0.4, 0.5) is 0 Å². The summed E-state index contributed by atoms with van der Waals surface area (Å²) in [6.45, 7) is 38.2. The standard InChI is InChI=1S/C32H50N2O4.C28H45N3O3/c1-12-25(32(9,10)24-17-15-14-16-18-24)29(36)33-28(31(6,7)8)30(37)34(11)26(22(3)4)21-23(5)19-20-27(35)38-13-2;1-11-22(28(8,9)21-15-13-12-14-16-21)25(32)30-24(27(5,6)7)26(33)31(10)23(19(2)3)17-20(4)18-29-34/h14-22,25-26,28H,12-13H2,1-11H3,(H,33,36);12-19,22-24,34H,11H2,1-10H3,(H,30,32)/b20-19+,23-21+;20-17+,29-18+/t25-,26-,28?;22-,23-,24?/m11/s1. The van der Waals surface area contributed by atoms with Gasteiger partial charge in [0.15, 0.2) is 0 Å². The fourth-order valence-electron chi connectivity index (χ4n) is 9.29. The van der Waals surface area contributed by atoms with Crippen LogP contribution in [0.3, 0.4) is 0 Å². The van der Waals surface area contributed by atoms with Crippen LogP contribution in [0, 0.1) is 34.5 Å². The Morgan fingerprint density at radius 1 is 0.597 bits per heavy atom. The van der Waals surface area contributed by atoms with Gasteiger partial charge in [-0.25, -0.2) is 4.79 Å². The molecule has 2 unspecified atom stereocenters. The Balaban J connectivity index is 0.000000724. The minimum absolute atomic E-state index is 0.113. The van der Waals surface area contributed by atoms with Gasteiger partial charge in [-0.1, -0.05) is 200 Å². The summed E-state index contributed by atoms with van der Waals surface area (Å²) in [5.74, 6) is -1.26. The minimum Gasteiger partial charge on any atom is -0.463 e. The third kappa shape index (κ3) is 18.8. The van der Waals surface area contributed by atoms with Gasteiger partial charge in [0.25, 0.3) is 0 Å². The van der Waals surface area contributed by atoms with Crippen LogP contribution in [0.2, 0.25) is 0 Å². The second kappa shape index (κ2) is 28.7. The molecule has 72 heavy (non-hydrogen) atoms. The van der Waals surface area contributed by atoms with E-state index in [9.17, 15) is 24.0 Å². The Morgan fingerprint density at radius 2 is 0.944 bits per heavy atom. The van der Waals surface area contributed by atoms with E-state index in [4.69, 9.17) is 9.94 Å². The number of nitrogens with zero attached hydrogens (tertiary/aromatic N) is 3. The molecule has 12 nitrogen and oxygen atoms in total. The molecule has 12 heteroatoms. The third-order valence-corrected chi connectivity index (χ3v) is 13.9. The van der Waals surface area contributed by atoms with Crippen LogP contribution in [0.5, 0.6) is 0 Å². The normalized spacial score (nSPS) is 15.5. The van der Waals surface area contributed by atoms with E-state index in [0.29, 0.717) is 19.4 Å². The molecule has 0 radical (unpaired) electrons. The van der Waals surface area contributed by atoms with E-state index in [1.54, 1.807) is 36.9 Å². The predicted octanol–water partition coefficient (Wildman–Crippen LogP) is 11.5. The van der Waals surface area contributed by atoms with E-state index >= 15 is 0 Å². The second-order valence-electron chi connectivity index (χ2n) is 23.2. The number of hydrogen-bond donors (Lipinski definition) is 3. The molecule has 0 spiro atoms. The highest BCUT2D eigenvalue weighted by molar-refractivity contribution is 5.91. The summed E-state index contributed by atoms with van der Waals surface area (Å²) in [5, 5.41) is 18.2. The monoisotopic (exact) mass is 998 g/mol. The predicted molar refractivity (Wildman–Crippen MR) is 296 cm³/mol. The first-order valence-electron chi connectivity index (χ1n) is 25.9. The van der Waals surface area contributed by atoms with Gasteiger partial charge >= 0.3 is 5.97 Å². The molecule has 0 bridgehead atoms. The van der Waals surface area contributed by atoms with Crippen molar-refractivity contribution in [3.05, 3.63) is 107 Å². The molecule has 0 heterocycles. The lowest BCUT2D eigenvalue weighted by Gasteiger charge is -2.40. The van der Waals surface area contributed by atoms with E-state index in [0.717, 1.165) is 22.3 Å². The van der Waals surface area contributed by atoms with Crippen molar-refractivity contribution in [3.63, 3.8) is 0 Å². The van der Waals surface area contributed by atoms with Crippen molar-refractivity contribution >= 4 is 35.8 Å². The first-order valence-corrected chi connectivity index (χ1v) is 25.9. The molecule has 2 rings (SSSR count). The van der Waals surface area contributed by atoms with Gasteiger partial charge < -0.3 is 30.4 Å². The lowest BCUT2D eigenvalue weighted by atomic mass is 9.71. The molecule has 4 amide bonds. The Bertz CT molecular complexity index is 2160. The van der Waals surface area contributed by atoms with Gasteiger partial charge in [-0.2, -0.15) is 0 Å². The highest BCUT2D eigenvalue weighted by Crippen LogP contribution is 2.36. The van der Waals surface area contributed by atoms with Crippen LogP contribution in [-0.4, -0.2) is 95.7 Å². The summed E-state index contributed by atoms with van der Waals surface area (Å²) < 4.78 is 4.96. The number of oxime groups is 1. The number of benzene rings is 2. The van der Waals surface area contributed by atoms with E-state index in [1.165, 1.54) is 12.3 Å². The summed E-state index contributed by atoms with van der Waals surface area (Å²) in [6, 6.07) is 18.3. The zero-order valence-electron chi connectivity index (χ0n) is 48.1. The van der Waals surface area contributed by atoms with Crippen LogP contribution >= 0.6 is 0 Å². The molecule has 2 aromatic carbocycles. The van der Waals surface area contributed by atoms with Gasteiger partial charge in [0.2, 0.25) is 23.6 Å². The quantitative estimate of drug-likeness (QED) is 0.0265. The first-order chi connectivity index (χ1) is 33.2. The van der Waals surface area contributed by atoms with Crippen molar-refractivity contribution in [1.29, 1.82) is 0 Å². The number of hydrogen-bond acceptors (Lipinski definition) is 8. The van der Waals surface area contributed by atoms with Gasteiger partial charge in [-0.15, -0.1) is 0 Å². The Hall–Kier alpha value is -5.52. The maximum Gasteiger partial charge on any atom is 0.330 e. The Kier molecular flexibility index (Phi) is 25.7. The second-order valence-corrected chi connectivity index (χ2v) is 23.2. The number of carbonyl (C=O) groups is 5. The number of amides is 4. The SMILES string of the molecule is CCOC(=O)/C=C/C(C)=C/[C@H](C(C)C)N(C)C(=O)C(NC(=O)[C@@H](CC)C(C)(C)c1ccccc1)C(C)(C)C.CC[C@H](C(=O)NC(C(=O)N(C)[C@H](/C=C(C)/C=N/O)C(C)C)C(C)(C)C)C(C)(C)c1ccccc1. The van der Waals surface area contributed by atoms with Crippen molar-refractivity contribution in [2.75, 3.05) is 20.7 Å². The molecule has 3 N–H and O–H groups in total. The fourth-order valence-corrected chi connectivity index (χ4v) is 9.29. The summed E-state index contributed by atoms with van der Waals surface area (Å²) >= 11 is 0. The van der Waals surface area contributed by atoms with Crippen molar-refractivity contribution in [3.8, 4) is 0 Å². The number of ether oxygens (including phenoxy) is 1. The molecular weight excluding hydrogens is 903 g/mol. The summed E-state index contributed by atoms with van der Waals surface area (Å²) in [4.78, 5) is 70.1. The van der Waals surface area contributed by atoms with Gasteiger partial charge in [0.05, 0.1) is 24.9 Å². The average molecular weight is 998 g/mol. The maximum absolute atomic E-state index is 13.9. The molecule has 0 saturated heterocycles. The highest BCUT2D eigenvalue weighted by Gasteiger charge is 2.43. The van der Waals surface area contributed by atoms with Crippen molar-refractivity contribution in [2.24, 2.45) is 39.7 Å². The molecular formula is C60H95N5O7. The zero-order chi connectivity index (χ0) is 55.5. The number of rotatable bonds is 22. The van der Waals surface area contributed by atoms with Crippen molar-refractivity contribution < 1.29 is 33.9 Å². The van der Waals surface area contributed by atoms with Crippen LogP contribution in [0.25, 0.3) is 0 Å². The molecule has 2 aromatic rings. The summed E-state index contributed by atoms with van der Waals surface area (Å²) in [7, 11) is 3.55. The van der Waals surface area contributed by atoms with Crippen LogP contribution in [0.1, 0.15) is 156 Å². The van der Waals surface area contributed by atoms with Gasteiger partial charge in [-0.05, 0) is 73.0 Å². The Labute approximate surface area is 435 Å². The van der Waals surface area contributed by atoms with Crippen molar-refractivity contribution in [2.45, 2.75) is 179 Å². The average Bonchev–Trinajstić information content (AvgIpc) is 3.29. The van der Waals surface area contributed by atoms with Gasteiger partial charge in [0.1, 0.15) is 12.1 Å². The number of likely N-dealkylation sites (N-methyl/N-ethyl adjacent to an activating group) is 2. The van der Waals surface area contributed by atoms with Crippen molar-refractivity contribution in [1.82, 2.24) is 20.4 Å². The molecule has 0 aliphatic carbocycles.